The van der Waals surface area contributed by atoms with Crippen LogP contribution in [0.25, 0.3) is 5.78 Å². The molecule has 0 amide bonds. The first-order valence-electron chi connectivity index (χ1n) is 8.96. The molecule has 2 atom stereocenters. The molecule has 3 aromatic rings. The topological polar surface area (TPSA) is 54.2 Å². The molecule has 3 rings (SSSR count). The molecule has 0 aliphatic rings. The number of aromatic nitrogens is 3. The van der Waals surface area contributed by atoms with Crippen LogP contribution in [0.3, 0.4) is 0 Å². The van der Waals surface area contributed by atoms with Crippen molar-refractivity contribution in [2.75, 3.05) is 11.9 Å². The highest BCUT2D eigenvalue weighted by Crippen LogP contribution is 2.16. The maximum absolute atomic E-state index is 4.26. The Hall–Kier alpha value is -2.40. The van der Waals surface area contributed by atoms with Gasteiger partial charge in [-0.1, -0.05) is 44.2 Å². The predicted octanol–water partition coefficient (Wildman–Crippen LogP) is 3.91. The van der Waals surface area contributed by atoms with Gasteiger partial charge in [0.15, 0.2) is 0 Å². The number of hydrogen-bond acceptors (Lipinski definition) is 4. The Labute approximate surface area is 149 Å². The first-order chi connectivity index (χ1) is 12.1. The van der Waals surface area contributed by atoms with Gasteiger partial charge in [0.2, 0.25) is 5.78 Å². The lowest BCUT2D eigenvalue weighted by molar-refractivity contribution is 0.396. The SMILES string of the molecule is CC(C)CC(CNc1ccnc2nccn12)NC(C)c1ccccc1. The Bertz CT molecular complexity index is 781. The summed E-state index contributed by atoms with van der Waals surface area (Å²) in [7, 11) is 0. The summed E-state index contributed by atoms with van der Waals surface area (Å²) in [5, 5.41) is 7.33. The summed E-state index contributed by atoms with van der Waals surface area (Å²) in [5.41, 5.74) is 1.32. The lowest BCUT2D eigenvalue weighted by atomic mass is 10.0. The van der Waals surface area contributed by atoms with E-state index in [0.717, 1.165) is 24.6 Å². The van der Waals surface area contributed by atoms with Gasteiger partial charge in [0.1, 0.15) is 5.82 Å². The number of imidazole rings is 1. The maximum atomic E-state index is 4.26. The Morgan fingerprint density at radius 2 is 1.76 bits per heavy atom. The highest BCUT2D eigenvalue weighted by atomic mass is 15.2. The van der Waals surface area contributed by atoms with Crippen molar-refractivity contribution >= 4 is 11.6 Å². The molecule has 0 saturated carbocycles. The van der Waals surface area contributed by atoms with Gasteiger partial charge in [-0.25, -0.2) is 9.97 Å². The van der Waals surface area contributed by atoms with Crippen molar-refractivity contribution in [2.24, 2.45) is 5.92 Å². The van der Waals surface area contributed by atoms with Crippen molar-refractivity contribution in [1.82, 2.24) is 19.7 Å². The third-order valence-electron chi connectivity index (χ3n) is 4.37. The Kier molecular flexibility index (Phi) is 5.66. The molecule has 2 N–H and O–H groups in total. The van der Waals surface area contributed by atoms with Gasteiger partial charge in [-0.05, 0) is 30.9 Å². The Balaban J connectivity index is 1.67. The minimum Gasteiger partial charge on any atom is -0.370 e. The highest BCUT2D eigenvalue weighted by Gasteiger charge is 2.15. The Morgan fingerprint density at radius 3 is 2.52 bits per heavy atom. The molecule has 0 saturated heterocycles. The molecule has 2 aromatic heterocycles. The molecule has 0 aliphatic carbocycles. The van der Waals surface area contributed by atoms with Crippen LogP contribution in [0.15, 0.2) is 55.0 Å². The summed E-state index contributed by atoms with van der Waals surface area (Å²) < 4.78 is 1.98. The molecule has 0 spiro atoms. The van der Waals surface area contributed by atoms with Crippen molar-refractivity contribution in [3.63, 3.8) is 0 Å². The maximum Gasteiger partial charge on any atom is 0.235 e. The van der Waals surface area contributed by atoms with Crippen LogP contribution >= 0.6 is 0 Å². The minimum absolute atomic E-state index is 0.317. The zero-order chi connectivity index (χ0) is 17.6. The van der Waals surface area contributed by atoms with Crippen LogP contribution in [0.5, 0.6) is 0 Å². The molecule has 5 heteroatoms. The number of nitrogens with zero attached hydrogens (tertiary/aromatic N) is 3. The molecule has 132 valence electrons. The van der Waals surface area contributed by atoms with E-state index >= 15 is 0 Å². The van der Waals surface area contributed by atoms with Gasteiger partial charge in [-0.2, -0.15) is 0 Å². The number of benzene rings is 1. The van der Waals surface area contributed by atoms with E-state index in [2.05, 4.69) is 71.7 Å². The summed E-state index contributed by atoms with van der Waals surface area (Å²) in [6.07, 6.45) is 6.61. The van der Waals surface area contributed by atoms with Crippen molar-refractivity contribution in [1.29, 1.82) is 0 Å². The van der Waals surface area contributed by atoms with Crippen LogP contribution in [0.4, 0.5) is 5.82 Å². The summed E-state index contributed by atoms with van der Waals surface area (Å²) in [5.74, 6) is 2.37. The monoisotopic (exact) mass is 337 g/mol. The zero-order valence-electron chi connectivity index (χ0n) is 15.2. The van der Waals surface area contributed by atoms with E-state index in [4.69, 9.17) is 0 Å². The van der Waals surface area contributed by atoms with Crippen LogP contribution in [0, 0.1) is 5.92 Å². The smallest absolute Gasteiger partial charge is 0.235 e. The second kappa shape index (κ2) is 8.12. The fourth-order valence-corrected chi connectivity index (χ4v) is 3.18. The molecule has 2 unspecified atom stereocenters. The normalized spacial score (nSPS) is 13.9. The van der Waals surface area contributed by atoms with E-state index in [1.165, 1.54) is 5.56 Å². The molecular weight excluding hydrogens is 310 g/mol. The van der Waals surface area contributed by atoms with Crippen LogP contribution in [0.2, 0.25) is 0 Å². The number of nitrogens with one attached hydrogen (secondary N) is 2. The van der Waals surface area contributed by atoms with Crippen molar-refractivity contribution in [3.8, 4) is 0 Å². The second-order valence-electron chi connectivity index (χ2n) is 6.93. The van der Waals surface area contributed by atoms with E-state index in [-0.39, 0.29) is 0 Å². The molecule has 2 heterocycles. The summed E-state index contributed by atoms with van der Waals surface area (Å²) in [6.45, 7) is 7.61. The molecule has 25 heavy (non-hydrogen) atoms. The molecule has 1 aromatic carbocycles. The summed E-state index contributed by atoms with van der Waals surface area (Å²) in [6, 6.07) is 13.3. The van der Waals surface area contributed by atoms with Crippen molar-refractivity contribution in [2.45, 2.75) is 39.3 Å². The van der Waals surface area contributed by atoms with Crippen LogP contribution in [-0.4, -0.2) is 27.0 Å². The molecule has 0 bridgehead atoms. The largest absolute Gasteiger partial charge is 0.370 e. The van der Waals surface area contributed by atoms with Gasteiger partial charge in [0, 0.05) is 37.2 Å². The molecular formula is C20H27N5. The van der Waals surface area contributed by atoms with Gasteiger partial charge in [-0.15, -0.1) is 0 Å². The highest BCUT2D eigenvalue weighted by molar-refractivity contribution is 5.44. The van der Waals surface area contributed by atoms with Crippen molar-refractivity contribution in [3.05, 3.63) is 60.6 Å². The third kappa shape index (κ3) is 4.57. The van der Waals surface area contributed by atoms with Crippen LogP contribution in [-0.2, 0) is 0 Å². The number of rotatable bonds is 8. The third-order valence-corrected chi connectivity index (χ3v) is 4.37. The second-order valence-corrected chi connectivity index (χ2v) is 6.93. The van der Waals surface area contributed by atoms with Gasteiger partial charge in [0.05, 0.1) is 0 Å². The lowest BCUT2D eigenvalue weighted by Gasteiger charge is -2.26. The summed E-state index contributed by atoms with van der Waals surface area (Å²) in [4.78, 5) is 8.50. The zero-order valence-corrected chi connectivity index (χ0v) is 15.2. The molecule has 5 nitrogen and oxygen atoms in total. The van der Waals surface area contributed by atoms with E-state index in [9.17, 15) is 0 Å². The van der Waals surface area contributed by atoms with E-state index in [1.54, 1.807) is 12.4 Å². The average molecular weight is 337 g/mol. The molecule has 0 aliphatic heterocycles. The van der Waals surface area contributed by atoms with Gasteiger partial charge in [0.25, 0.3) is 0 Å². The fourth-order valence-electron chi connectivity index (χ4n) is 3.18. The summed E-state index contributed by atoms with van der Waals surface area (Å²) >= 11 is 0. The average Bonchev–Trinajstić information content (AvgIpc) is 3.09. The number of fused-ring (bicyclic) bond motifs is 1. The molecule has 0 radical (unpaired) electrons. The van der Waals surface area contributed by atoms with Gasteiger partial charge < -0.3 is 10.6 Å². The number of hydrogen-bond donors (Lipinski definition) is 2. The van der Waals surface area contributed by atoms with E-state index in [1.807, 2.05) is 16.7 Å². The van der Waals surface area contributed by atoms with Gasteiger partial charge in [-0.3, -0.25) is 4.40 Å². The Morgan fingerprint density at radius 1 is 1.00 bits per heavy atom. The number of anilines is 1. The van der Waals surface area contributed by atoms with Crippen molar-refractivity contribution < 1.29 is 0 Å². The standard InChI is InChI=1S/C20H27N5/c1-15(2)13-18(24-16(3)17-7-5-4-6-8-17)14-23-19-9-10-21-20-22-11-12-25(19)20/h4-12,15-16,18,23-24H,13-14H2,1-3H3. The lowest BCUT2D eigenvalue weighted by Crippen LogP contribution is -2.38. The van der Waals surface area contributed by atoms with E-state index in [0.29, 0.717) is 18.0 Å². The quantitative estimate of drug-likeness (QED) is 0.654. The minimum atomic E-state index is 0.317. The van der Waals surface area contributed by atoms with E-state index < -0.39 is 0 Å². The van der Waals surface area contributed by atoms with Gasteiger partial charge >= 0.3 is 0 Å². The van der Waals surface area contributed by atoms with Crippen LogP contribution < -0.4 is 10.6 Å². The fraction of sp³-hybridized carbons (Fsp3) is 0.400. The van der Waals surface area contributed by atoms with Crippen LogP contribution in [0.1, 0.15) is 38.8 Å². The molecule has 0 fully saturated rings. The first kappa shape index (κ1) is 17.4. The predicted molar refractivity (Wildman–Crippen MR) is 103 cm³/mol. The first-order valence-corrected chi connectivity index (χ1v) is 8.96.